The van der Waals surface area contributed by atoms with Gasteiger partial charge in [0.25, 0.3) is 0 Å². The monoisotopic (exact) mass is 363 g/mol. The van der Waals surface area contributed by atoms with Crippen molar-refractivity contribution in [3.8, 4) is 5.75 Å². The Morgan fingerprint density at radius 3 is 2.27 bits per heavy atom. The number of carboxylic acid groups (broad SMARTS) is 1. The number of carbonyl (C=O) groups is 3. The molecular formula is C19H25NO6. The lowest BCUT2D eigenvalue weighted by Gasteiger charge is -2.30. The number of hydrogen-bond acceptors (Lipinski definition) is 5. The molecule has 1 saturated heterocycles. The number of ether oxygens (including phenoxy) is 2. The van der Waals surface area contributed by atoms with Crippen LogP contribution in [0.15, 0.2) is 24.3 Å². The molecular weight excluding hydrogens is 338 g/mol. The van der Waals surface area contributed by atoms with Crippen molar-refractivity contribution in [2.24, 2.45) is 11.8 Å². The molecule has 2 rings (SSSR count). The minimum Gasteiger partial charge on any atom is -0.497 e. The quantitative estimate of drug-likeness (QED) is 0.779. The van der Waals surface area contributed by atoms with E-state index >= 15 is 0 Å². The molecule has 1 aromatic rings. The molecule has 142 valence electrons. The van der Waals surface area contributed by atoms with Gasteiger partial charge in [0.05, 0.1) is 26.2 Å². The number of benzene rings is 1. The summed E-state index contributed by atoms with van der Waals surface area (Å²) in [6.07, 6.45) is 0.243. The van der Waals surface area contributed by atoms with E-state index < -0.39 is 29.9 Å². The molecule has 1 heterocycles. The molecule has 26 heavy (non-hydrogen) atoms. The van der Waals surface area contributed by atoms with Crippen LogP contribution in [0.2, 0.25) is 0 Å². The van der Waals surface area contributed by atoms with Crippen LogP contribution in [0.5, 0.6) is 5.75 Å². The molecule has 0 spiro atoms. The van der Waals surface area contributed by atoms with Crippen LogP contribution in [0.3, 0.4) is 0 Å². The summed E-state index contributed by atoms with van der Waals surface area (Å²) >= 11 is 0. The third-order valence-electron chi connectivity index (χ3n) is 4.61. The number of esters is 1. The smallest absolute Gasteiger partial charge is 0.326 e. The average molecular weight is 363 g/mol. The molecule has 1 aliphatic rings. The molecule has 1 aromatic carbocycles. The Labute approximate surface area is 152 Å². The van der Waals surface area contributed by atoms with Crippen molar-refractivity contribution in [2.75, 3.05) is 14.2 Å². The van der Waals surface area contributed by atoms with Crippen molar-refractivity contribution in [1.29, 1.82) is 0 Å². The number of rotatable bonds is 6. The summed E-state index contributed by atoms with van der Waals surface area (Å²) in [7, 11) is 2.81. The molecule has 0 bridgehead atoms. The van der Waals surface area contributed by atoms with E-state index in [9.17, 15) is 19.5 Å². The normalized spacial score (nSPS) is 22.3. The second kappa shape index (κ2) is 8.21. The van der Waals surface area contributed by atoms with Crippen molar-refractivity contribution in [1.82, 2.24) is 4.90 Å². The van der Waals surface area contributed by atoms with Crippen LogP contribution in [0, 0.1) is 11.8 Å². The van der Waals surface area contributed by atoms with E-state index in [0.717, 1.165) is 0 Å². The number of amides is 1. The van der Waals surface area contributed by atoms with Gasteiger partial charge in [-0.15, -0.1) is 0 Å². The summed E-state index contributed by atoms with van der Waals surface area (Å²) < 4.78 is 10.0. The fourth-order valence-electron chi connectivity index (χ4n) is 3.44. The fourth-order valence-corrected chi connectivity index (χ4v) is 3.44. The SMILES string of the molecule is COC(=O)C1CC(C(=O)O)N(C(=O)CC(C)C)C1c1ccc(OC)cc1. The molecule has 7 heteroatoms. The van der Waals surface area contributed by atoms with E-state index in [1.807, 2.05) is 13.8 Å². The van der Waals surface area contributed by atoms with Crippen molar-refractivity contribution < 1.29 is 29.0 Å². The zero-order valence-corrected chi connectivity index (χ0v) is 15.5. The molecule has 3 unspecified atom stereocenters. The molecule has 1 amide bonds. The van der Waals surface area contributed by atoms with Crippen LogP contribution >= 0.6 is 0 Å². The van der Waals surface area contributed by atoms with Gasteiger partial charge >= 0.3 is 11.9 Å². The highest BCUT2D eigenvalue weighted by atomic mass is 16.5. The molecule has 0 radical (unpaired) electrons. The van der Waals surface area contributed by atoms with Gasteiger partial charge in [-0.3, -0.25) is 9.59 Å². The van der Waals surface area contributed by atoms with E-state index in [1.54, 1.807) is 31.4 Å². The molecule has 1 aliphatic heterocycles. The standard InChI is InChI=1S/C19H25NO6/c1-11(2)9-16(21)20-15(18(22)23)10-14(19(24)26-4)17(20)12-5-7-13(25-3)8-6-12/h5-8,11,14-15,17H,9-10H2,1-4H3,(H,22,23). The lowest BCUT2D eigenvalue weighted by Crippen LogP contribution is -2.42. The van der Waals surface area contributed by atoms with Gasteiger partial charge in [-0.1, -0.05) is 26.0 Å². The van der Waals surface area contributed by atoms with Crippen molar-refractivity contribution in [2.45, 2.75) is 38.8 Å². The third kappa shape index (κ3) is 3.98. The maximum Gasteiger partial charge on any atom is 0.326 e. The number of methoxy groups -OCH3 is 2. The second-order valence-corrected chi connectivity index (χ2v) is 6.84. The maximum absolute atomic E-state index is 12.8. The van der Waals surface area contributed by atoms with Gasteiger partial charge in [0.1, 0.15) is 11.8 Å². The Morgan fingerprint density at radius 1 is 1.19 bits per heavy atom. The minimum atomic E-state index is -1.12. The van der Waals surface area contributed by atoms with E-state index in [-0.39, 0.29) is 24.7 Å². The number of aliphatic carboxylic acids is 1. The summed E-state index contributed by atoms with van der Waals surface area (Å²) in [4.78, 5) is 38.2. The first-order chi connectivity index (χ1) is 12.3. The highest BCUT2D eigenvalue weighted by molar-refractivity contribution is 5.87. The minimum absolute atomic E-state index is 0.0303. The Hall–Kier alpha value is -2.57. The molecule has 0 aliphatic carbocycles. The highest BCUT2D eigenvalue weighted by Gasteiger charge is 2.50. The van der Waals surface area contributed by atoms with Gasteiger partial charge in [-0.2, -0.15) is 0 Å². The number of carbonyl (C=O) groups excluding carboxylic acids is 2. The predicted molar refractivity (Wildman–Crippen MR) is 93.6 cm³/mol. The van der Waals surface area contributed by atoms with Gasteiger partial charge in [-0.05, 0) is 30.0 Å². The van der Waals surface area contributed by atoms with E-state index in [0.29, 0.717) is 11.3 Å². The van der Waals surface area contributed by atoms with Crippen LogP contribution in [0.4, 0.5) is 0 Å². The van der Waals surface area contributed by atoms with Crippen LogP contribution in [0.25, 0.3) is 0 Å². The lowest BCUT2D eigenvalue weighted by molar-refractivity contribution is -0.151. The zero-order valence-electron chi connectivity index (χ0n) is 15.5. The van der Waals surface area contributed by atoms with Crippen LogP contribution < -0.4 is 4.74 Å². The first kappa shape index (κ1) is 19.8. The zero-order chi connectivity index (χ0) is 19.4. The number of carboxylic acids is 1. The topological polar surface area (TPSA) is 93.1 Å². The largest absolute Gasteiger partial charge is 0.497 e. The first-order valence-electron chi connectivity index (χ1n) is 8.55. The lowest BCUT2D eigenvalue weighted by atomic mass is 9.93. The second-order valence-electron chi connectivity index (χ2n) is 6.84. The van der Waals surface area contributed by atoms with Gasteiger partial charge in [0, 0.05) is 6.42 Å². The van der Waals surface area contributed by atoms with E-state index in [2.05, 4.69) is 0 Å². The number of hydrogen-bond donors (Lipinski definition) is 1. The fraction of sp³-hybridized carbons (Fsp3) is 0.526. The van der Waals surface area contributed by atoms with Gasteiger partial charge in [0.2, 0.25) is 5.91 Å². The summed E-state index contributed by atoms with van der Waals surface area (Å²) in [6, 6.07) is 5.21. The average Bonchev–Trinajstić information content (AvgIpc) is 3.01. The number of nitrogens with zero attached hydrogens (tertiary/aromatic N) is 1. The predicted octanol–water partition coefficient (Wildman–Crippen LogP) is 2.26. The van der Waals surface area contributed by atoms with Crippen LogP contribution in [-0.4, -0.2) is 48.1 Å². The molecule has 0 aromatic heterocycles. The molecule has 3 atom stereocenters. The van der Waals surface area contributed by atoms with Crippen molar-refractivity contribution in [3.63, 3.8) is 0 Å². The summed E-state index contributed by atoms with van der Waals surface area (Å²) in [5, 5.41) is 9.62. The Kier molecular flexibility index (Phi) is 6.23. The summed E-state index contributed by atoms with van der Waals surface area (Å²) in [6.45, 7) is 3.79. The van der Waals surface area contributed by atoms with Gasteiger partial charge in [-0.25, -0.2) is 4.79 Å². The van der Waals surface area contributed by atoms with E-state index in [1.165, 1.54) is 12.0 Å². The Balaban J connectivity index is 2.49. The third-order valence-corrected chi connectivity index (χ3v) is 4.61. The summed E-state index contributed by atoms with van der Waals surface area (Å²) in [5.41, 5.74) is 0.682. The molecule has 1 fully saturated rings. The molecule has 1 N–H and O–H groups in total. The van der Waals surface area contributed by atoms with Crippen LogP contribution in [-0.2, 0) is 19.1 Å². The Morgan fingerprint density at radius 2 is 1.81 bits per heavy atom. The molecule has 7 nitrogen and oxygen atoms in total. The van der Waals surface area contributed by atoms with E-state index in [4.69, 9.17) is 9.47 Å². The molecule has 0 saturated carbocycles. The number of likely N-dealkylation sites (tertiary alicyclic amines) is 1. The van der Waals surface area contributed by atoms with Crippen molar-refractivity contribution in [3.05, 3.63) is 29.8 Å². The highest BCUT2D eigenvalue weighted by Crippen LogP contribution is 2.43. The van der Waals surface area contributed by atoms with Crippen LogP contribution in [0.1, 0.15) is 38.3 Å². The van der Waals surface area contributed by atoms with Gasteiger partial charge < -0.3 is 19.5 Å². The van der Waals surface area contributed by atoms with Gasteiger partial charge in [0.15, 0.2) is 0 Å². The maximum atomic E-state index is 12.8. The Bertz CT molecular complexity index is 669. The van der Waals surface area contributed by atoms with Crippen molar-refractivity contribution >= 4 is 17.8 Å². The first-order valence-corrected chi connectivity index (χ1v) is 8.55. The summed E-state index contributed by atoms with van der Waals surface area (Å²) in [5.74, 6) is -1.93.